The van der Waals surface area contributed by atoms with Gasteiger partial charge in [-0.15, -0.1) is 0 Å². The van der Waals surface area contributed by atoms with Crippen molar-refractivity contribution in [1.82, 2.24) is 5.32 Å². The number of likely N-dealkylation sites (N-methyl/N-ethyl adjacent to an activating group) is 1. The Hall–Kier alpha value is -1.06. The maximum Gasteiger partial charge on any atom is 0.123 e. The summed E-state index contributed by atoms with van der Waals surface area (Å²) in [5.74, 6) is 1.44. The van der Waals surface area contributed by atoms with Crippen molar-refractivity contribution in [3.63, 3.8) is 0 Å². The SMILES string of the molecule is CCNC(COC(C)C(C)C)c1cc(C)ccc1OC. The van der Waals surface area contributed by atoms with E-state index in [0.717, 1.165) is 12.3 Å². The van der Waals surface area contributed by atoms with Crippen molar-refractivity contribution in [3.8, 4) is 5.75 Å². The maximum absolute atomic E-state index is 5.99. The molecule has 0 spiro atoms. The molecule has 0 saturated heterocycles. The molecule has 2 atom stereocenters. The molecule has 114 valence electrons. The van der Waals surface area contributed by atoms with E-state index < -0.39 is 0 Å². The number of rotatable bonds is 8. The highest BCUT2D eigenvalue weighted by molar-refractivity contribution is 5.39. The minimum absolute atomic E-state index is 0.163. The molecule has 0 fully saturated rings. The summed E-state index contributed by atoms with van der Waals surface area (Å²) in [6, 6.07) is 6.44. The van der Waals surface area contributed by atoms with Crippen LogP contribution < -0.4 is 10.1 Å². The van der Waals surface area contributed by atoms with Gasteiger partial charge in [0.05, 0.1) is 25.9 Å². The van der Waals surface area contributed by atoms with Crippen LogP contribution in [-0.4, -0.2) is 26.4 Å². The second-order valence-corrected chi connectivity index (χ2v) is 5.64. The number of nitrogens with one attached hydrogen (secondary N) is 1. The van der Waals surface area contributed by atoms with Crippen molar-refractivity contribution in [3.05, 3.63) is 29.3 Å². The first-order valence-electron chi connectivity index (χ1n) is 7.49. The summed E-state index contributed by atoms with van der Waals surface area (Å²) in [7, 11) is 1.72. The number of aryl methyl sites for hydroxylation is 1. The summed E-state index contributed by atoms with van der Waals surface area (Å²) in [5, 5.41) is 3.49. The zero-order chi connectivity index (χ0) is 15.1. The maximum atomic E-state index is 5.99. The molecule has 20 heavy (non-hydrogen) atoms. The molecule has 3 nitrogen and oxygen atoms in total. The number of hydrogen-bond acceptors (Lipinski definition) is 3. The standard InChI is InChI=1S/C17H29NO2/c1-7-18-16(11-20-14(5)12(2)3)15-10-13(4)8-9-17(15)19-6/h8-10,12,14,16,18H,7,11H2,1-6H3. The van der Waals surface area contributed by atoms with E-state index in [1.165, 1.54) is 11.1 Å². The van der Waals surface area contributed by atoms with Crippen LogP contribution in [-0.2, 0) is 4.74 Å². The average Bonchev–Trinajstić information content (AvgIpc) is 2.42. The fourth-order valence-electron chi connectivity index (χ4n) is 2.07. The molecule has 0 aromatic heterocycles. The third-order valence-electron chi connectivity index (χ3n) is 3.68. The highest BCUT2D eigenvalue weighted by atomic mass is 16.5. The lowest BCUT2D eigenvalue weighted by atomic mass is 10.0. The zero-order valence-corrected chi connectivity index (χ0v) is 13.7. The lowest BCUT2D eigenvalue weighted by molar-refractivity contribution is 0.0217. The smallest absolute Gasteiger partial charge is 0.123 e. The third kappa shape index (κ3) is 4.80. The van der Waals surface area contributed by atoms with E-state index in [1.807, 2.05) is 6.07 Å². The number of methoxy groups -OCH3 is 1. The quantitative estimate of drug-likeness (QED) is 0.787. The molecule has 0 heterocycles. The van der Waals surface area contributed by atoms with E-state index in [2.05, 4.69) is 52.1 Å². The van der Waals surface area contributed by atoms with Crippen LogP contribution in [0.4, 0.5) is 0 Å². The first kappa shape index (κ1) is 17.0. The Kier molecular flexibility index (Phi) is 7.03. The van der Waals surface area contributed by atoms with E-state index in [1.54, 1.807) is 7.11 Å². The molecule has 1 rings (SSSR count). The molecule has 0 saturated carbocycles. The van der Waals surface area contributed by atoms with Crippen molar-refractivity contribution in [2.24, 2.45) is 5.92 Å². The van der Waals surface area contributed by atoms with Crippen LogP contribution in [0.25, 0.3) is 0 Å². The summed E-state index contributed by atoms with van der Waals surface area (Å²) in [5.41, 5.74) is 2.41. The Labute approximate surface area is 123 Å². The van der Waals surface area contributed by atoms with Crippen LogP contribution in [0, 0.1) is 12.8 Å². The van der Waals surface area contributed by atoms with Gasteiger partial charge < -0.3 is 14.8 Å². The lowest BCUT2D eigenvalue weighted by Gasteiger charge is -2.24. The molecule has 2 unspecified atom stereocenters. The normalized spacial score (nSPS) is 14.3. The van der Waals surface area contributed by atoms with Gasteiger partial charge in [0.1, 0.15) is 5.75 Å². The molecule has 0 radical (unpaired) electrons. The predicted molar refractivity (Wildman–Crippen MR) is 84.4 cm³/mol. The van der Waals surface area contributed by atoms with Crippen molar-refractivity contribution in [2.45, 2.75) is 46.8 Å². The number of benzene rings is 1. The van der Waals surface area contributed by atoms with Crippen LogP contribution in [0.1, 0.15) is 44.9 Å². The number of ether oxygens (including phenoxy) is 2. The van der Waals surface area contributed by atoms with Gasteiger partial charge in [0, 0.05) is 5.56 Å². The van der Waals surface area contributed by atoms with Crippen molar-refractivity contribution < 1.29 is 9.47 Å². The third-order valence-corrected chi connectivity index (χ3v) is 3.68. The molecule has 3 heteroatoms. The molecule has 1 N–H and O–H groups in total. The highest BCUT2D eigenvalue weighted by Crippen LogP contribution is 2.27. The average molecular weight is 279 g/mol. The fourth-order valence-corrected chi connectivity index (χ4v) is 2.07. The van der Waals surface area contributed by atoms with Crippen LogP contribution in [0.5, 0.6) is 5.75 Å². The zero-order valence-electron chi connectivity index (χ0n) is 13.7. The van der Waals surface area contributed by atoms with Crippen LogP contribution in [0.2, 0.25) is 0 Å². The Bertz CT molecular complexity index is 404. The van der Waals surface area contributed by atoms with Crippen molar-refractivity contribution >= 4 is 0 Å². The Morgan fingerprint density at radius 1 is 1.20 bits per heavy atom. The summed E-state index contributed by atoms with van der Waals surface area (Å²) in [6.45, 7) is 12.3. The second-order valence-electron chi connectivity index (χ2n) is 5.64. The van der Waals surface area contributed by atoms with Crippen LogP contribution in [0.15, 0.2) is 18.2 Å². The molecule has 0 aliphatic carbocycles. The van der Waals surface area contributed by atoms with Crippen molar-refractivity contribution in [2.75, 3.05) is 20.3 Å². The van der Waals surface area contributed by atoms with Crippen LogP contribution >= 0.6 is 0 Å². The highest BCUT2D eigenvalue weighted by Gasteiger charge is 2.18. The molecule has 0 bridgehead atoms. The van der Waals surface area contributed by atoms with Gasteiger partial charge in [-0.05, 0) is 32.4 Å². The van der Waals surface area contributed by atoms with Gasteiger partial charge in [0.15, 0.2) is 0 Å². The van der Waals surface area contributed by atoms with Gasteiger partial charge in [-0.25, -0.2) is 0 Å². The summed E-state index contributed by atoms with van der Waals surface area (Å²) < 4.78 is 11.5. The van der Waals surface area contributed by atoms with E-state index in [4.69, 9.17) is 9.47 Å². The van der Waals surface area contributed by atoms with Crippen LogP contribution in [0.3, 0.4) is 0 Å². The van der Waals surface area contributed by atoms with E-state index in [-0.39, 0.29) is 12.1 Å². The van der Waals surface area contributed by atoms with E-state index in [9.17, 15) is 0 Å². The minimum Gasteiger partial charge on any atom is -0.496 e. The molecular weight excluding hydrogens is 250 g/mol. The van der Waals surface area contributed by atoms with E-state index in [0.29, 0.717) is 12.5 Å². The largest absolute Gasteiger partial charge is 0.496 e. The van der Waals surface area contributed by atoms with Gasteiger partial charge in [0.25, 0.3) is 0 Å². The summed E-state index contributed by atoms with van der Waals surface area (Å²) in [6.07, 6.45) is 0.256. The van der Waals surface area contributed by atoms with Gasteiger partial charge in [-0.1, -0.05) is 38.5 Å². The monoisotopic (exact) mass is 279 g/mol. The molecule has 0 aliphatic heterocycles. The minimum atomic E-state index is 0.163. The molecule has 1 aromatic rings. The van der Waals surface area contributed by atoms with Gasteiger partial charge in [-0.2, -0.15) is 0 Å². The Morgan fingerprint density at radius 3 is 2.45 bits per heavy atom. The molecule has 0 aliphatic rings. The topological polar surface area (TPSA) is 30.5 Å². The summed E-state index contributed by atoms with van der Waals surface area (Å²) in [4.78, 5) is 0. The molecule has 1 aromatic carbocycles. The molecular formula is C17H29NO2. The van der Waals surface area contributed by atoms with Gasteiger partial charge in [0.2, 0.25) is 0 Å². The predicted octanol–water partition coefficient (Wildman–Crippen LogP) is 3.72. The van der Waals surface area contributed by atoms with Crippen molar-refractivity contribution in [1.29, 1.82) is 0 Å². The molecule has 0 amide bonds. The first-order valence-corrected chi connectivity index (χ1v) is 7.49. The Balaban J connectivity index is 2.87. The van der Waals surface area contributed by atoms with E-state index >= 15 is 0 Å². The summed E-state index contributed by atoms with van der Waals surface area (Å²) >= 11 is 0. The fraction of sp³-hybridized carbons (Fsp3) is 0.647. The van der Waals surface area contributed by atoms with Gasteiger partial charge in [-0.3, -0.25) is 0 Å². The lowest BCUT2D eigenvalue weighted by Crippen LogP contribution is -2.29. The Morgan fingerprint density at radius 2 is 1.90 bits per heavy atom. The first-order chi connectivity index (χ1) is 9.49. The second kappa shape index (κ2) is 8.28. The van der Waals surface area contributed by atoms with Gasteiger partial charge >= 0.3 is 0 Å². The number of hydrogen-bond donors (Lipinski definition) is 1.